The Hall–Kier alpha value is -3.26. The van der Waals surface area contributed by atoms with Gasteiger partial charge in [-0.15, -0.1) is 11.8 Å². The van der Waals surface area contributed by atoms with Crippen molar-refractivity contribution < 1.29 is 22.8 Å². The number of hydrogen-bond donors (Lipinski definition) is 1. The highest BCUT2D eigenvalue weighted by molar-refractivity contribution is 8.00. The molecule has 1 N–H and O–H groups in total. The van der Waals surface area contributed by atoms with Crippen LogP contribution in [0.15, 0.2) is 72.8 Å². The van der Waals surface area contributed by atoms with Crippen LogP contribution in [0, 0.1) is 6.92 Å². The minimum atomic E-state index is -4.44. The second-order valence-corrected chi connectivity index (χ2v) is 8.49. The number of carbonyl (C=O) groups is 2. The molecular weight excluding hydrogens is 437 g/mol. The van der Waals surface area contributed by atoms with E-state index in [0.29, 0.717) is 16.9 Å². The number of alkyl halides is 3. The van der Waals surface area contributed by atoms with Gasteiger partial charge in [0, 0.05) is 16.9 Å². The van der Waals surface area contributed by atoms with Crippen molar-refractivity contribution in [1.29, 1.82) is 0 Å². The fourth-order valence-corrected chi connectivity index (χ4v) is 4.61. The van der Waals surface area contributed by atoms with Gasteiger partial charge in [0.05, 0.1) is 11.3 Å². The summed E-state index contributed by atoms with van der Waals surface area (Å²) in [5.74, 6) is -0.225. The van der Waals surface area contributed by atoms with Crippen molar-refractivity contribution >= 4 is 35.0 Å². The summed E-state index contributed by atoms with van der Waals surface area (Å²) in [6, 6.07) is 18.9. The summed E-state index contributed by atoms with van der Waals surface area (Å²) in [6.45, 7) is 1.94. The molecule has 1 heterocycles. The molecule has 0 aromatic heterocycles. The normalized spacial score (nSPS) is 16.3. The van der Waals surface area contributed by atoms with E-state index in [-0.39, 0.29) is 17.6 Å². The van der Waals surface area contributed by atoms with Crippen molar-refractivity contribution in [2.45, 2.75) is 18.5 Å². The van der Waals surface area contributed by atoms with Crippen LogP contribution in [0.5, 0.6) is 0 Å². The highest BCUT2D eigenvalue weighted by atomic mass is 32.2. The number of aryl methyl sites for hydroxylation is 1. The molecule has 0 radical (unpaired) electrons. The number of nitrogens with one attached hydrogen (secondary N) is 1. The molecule has 2 amide bonds. The topological polar surface area (TPSA) is 49.4 Å². The Bertz CT molecular complexity index is 1150. The van der Waals surface area contributed by atoms with Gasteiger partial charge in [-0.25, -0.2) is 0 Å². The fourth-order valence-electron chi connectivity index (χ4n) is 3.44. The highest BCUT2D eigenvalue weighted by Crippen LogP contribution is 2.43. The number of carbonyl (C=O) groups excluding carboxylic acids is 2. The molecule has 164 valence electrons. The predicted octanol–water partition coefficient (Wildman–Crippen LogP) is 6.04. The second kappa shape index (κ2) is 8.70. The van der Waals surface area contributed by atoms with Crippen molar-refractivity contribution in [2.24, 2.45) is 0 Å². The van der Waals surface area contributed by atoms with Crippen molar-refractivity contribution in [3.05, 3.63) is 95.1 Å². The first-order valence-corrected chi connectivity index (χ1v) is 10.9. The van der Waals surface area contributed by atoms with Crippen molar-refractivity contribution in [2.75, 3.05) is 16.0 Å². The molecule has 1 atom stereocenters. The van der Waals surface area contributed by atoms with Gasteiger partial charge in [-0.2, -0.15) is 13.2 Å². The van der Waals surface area contributed by atoms with Gasteiger partial charge in [0.25, 0.3) is 5.91 Å². The van der Waals surface area contributed by atoms with Gasteiger partial charge >= 0.3 is 6.18 Å². The van der Waals surface area contributed by atoms with Crippen LogP contribution in [0.1, 0.15) is 32.4 Å². The van der Waals surface area contributed by atoms with E-state index < -0.39 is 17.1 Å². The molecule has 3 aromatic carbocycles. The molecule has 0 saturated carbocycles. The maximum absolute atomic E-state index is 12.9. The minimum Gasteiger partial charge on any atom is -0.322 e. The number of rotatable bonds is 4. The van der Waals surface area contributed by atoms with Gasteiger partial charge in [0.1, 0.15) is 5.37 Å². The van der Waals surface area contributed by atoms with Crippen molar-refractivity contribution in [1.82, 2.24) is 0 Å². The lowest BCUT2D eigenvalue weighted by atomic mass is 10.1. The van der Waals surface area contributed by atoms with E-state index in [1.165, 1.54) is 28.8 Å². The number of nitrogens with zero attached hydrogens (tertiary/aromatic N) is 1. The van der Waals surface area contributed by atoms with E-state index >= 15 is 0 Å². The second-order valence-electron chi connectivity index (χ2n) is 7.42. The summed E-state index contributed by atoms with van der Waals surface area (Å²) in [5.41, 5.74) is 2.54. The van der Waals surface area contributed by atoms with Gasteiger partial charge in [0.2, 0.25) is 5.91 Å². The zero-order chi connectivity index (χ0) is 22.9. The lowest BCUT2D eigenvalue weighted by Gasteiger charge is -2.25. The van der Waals surface area contributed by atoms with Crippen LogP contribution in [0.25, 0.3) is 0 Å². The van der Waals surface area contributed by atoms with Gasteiger partial charge in [-0.1, -0.05) is 29.8 Å². The number of hydrogen-bond acceptors (Lipinski definition) is 3. The predicted molar refractivity (Wildman–Crippen MR) is 120 cm³/mol. The van der Waals surface area contributed by atoms with Crippen LogP contribution in [0.4, 0.5) is 24.5 Å². The molecule has 0 bridgehead atoms. The van der Waals surface area contributed by atoms with Crippen molar-refractivity contribution in [3.8, 4) is 0 Å². The Morgan fingerprint density at radius 2 is 1.72 bits per heavy atom. The number of anilines is 2. The van der Waals surface area contributed by atoms with Crippen LogP contribution in [0.3, 0.4) is 0 Å². The van der Waals surface area contributed by atoms with Gasteiger partial charge in [-0.3, -0.25) is 14.5 Å². The smallest absolute Gasteiger partial charge is 0.322 e. The third kappa shape index (κ3) is 4.65. The zero-order valence-corrected chi connectivity index (χ0v) is 17.8. The third-order valence-corrected chi connectivity index (χ3v) is 6.30. The van der Waals surface area contributed by atoms with E-state index in [2.05, 4.69) is 5.32 Å². The summed E-state index contributed by atoms with van der Waals surface area (Å²) in [7, 11) is 0. The maximum atomic E-state index is 12.9. The van der Waals surface area contributed by atoms with Crippen LogP contribution < -0.4 is 10.2 Å². The molecule has 1 fully saturated rings. The van der Waals surface area contributed by atoms with E-state index in [1.54, 1.807) is 30.3 Å². The Balaban J connectivity index is 1.56. The molecule has 1 aliphatic heterocycles. The third-order valence-electron chi connectivity index (χ3n) is 5.08. The summed E-state index contributed by atoms with van der Waals surface area (Å²) in [6.07, 6.45) is -4.44. The monoisotopic (exact) mass is 456 g/mol. The molecule has 1 saturated heterocycles. The first kappa shape index (κ1) is 22.0. The summed E-state index contributed by atoms with van der Waals surface area (Å²) in [4.78, 5) is 26.6. The Kier molecular flexibility index (Phi) is 5.97. The Labute approximate surface area is 187 Å². The van der Waals surface area contributed by atoms with Gasteiger partial charge in [0.15, 0.2) is 0 Å². The first-order valence-electron chi connectivity index (χ1n) is 9.81. The van der Waals surface area contributed by atoms with Crippen molar-refractivity contribution in [3.63, 3.8) is 0 Å². The molecule has 4 nitrogen and oxygen atoms in total. The molecular formula is C24H19F3N2O2S. The molecule has 4 rings (SSSR count). The quantitative estimate of drug-likeness (QED) is 0.520. The average molecular weight is 456 g/mol. The number of halogens is 3. The summed E-state index contributed by atoms with van der Waals surface area (Å²) < 4.78 is 38.7. The SMILES string of the molecule is Cc1ccc(C(=O)Nc2cccc(C3SCC(=O)N3c3ccc(C(F)(F)F)cc3)c2)cc1. The molecule has 32 heavy (non-hydrogen) atoms. The van der Waals surface area contributed by atoms with Crippen LogP contribution in [0.2, 0.25) is 0 Å². The van der Waals surface area contributed by atoms with E-state index in [9.17, 15) is 22.8 Å². The average Bonchev–Trinajstić information content (AvgIpc) is 3.15. The van der Waals surface area contributed by atoms with Crippen LogP contribution >= 0.6 is 11.8 Å². The number of thioether (sulfide) groups is 1. The summed E-state index contributed by atoms with van der Waals surface area (Å²) in [5, 5.41) is 2.45. The van der Waals surface area contributed by atoms with Gasteiger partial charge in [-0.05, 0) is 61.0 Å². The largest absolute Gasteiger partial charge is 0.416 e. The highest BCUT2D eigenvalue weighted by Gasteiger charge is 2.35. The molecule has 3 aromatic rings. The molecule has 8 heteroatoms. The first-order chi connectivity index (χ1) is 15.2. The van der Waals surface area contributed by atoms with E-state index in [1.807, 2.05) is 25.1 Å². The van der Waals surface area contributed by atoms with Gasteiger partial charge < -0.3 is 5.32 Å². The molecule has 0 spiro atoms. The van der Waals surface area contributed by atoms with E-state index in [4.69, 9.17) is 0 Å². The maximum Gasteiger partial charge on any atom is 0.416 e. The van der Waals surface area contributed by atoms with Crippen LogP contribution in [-0.4, -0.2) is 17.6 Å². The molecule has 0 aliphatic carbocycles. The lowest BCUT2D eigenvalue weighted by molar-refractivity contribution is -0.137. The number of benzene rings is 3. The van der Waals surface area contributed by atoms with Crippen LogP contribution in [-0.2, 0) is 11.0 Å². The standard InChI is InChI=1S/C24H19F3N2O2S/c1-15-5-7-16(8-6-15)22(31)28-19-4-2-3-17(13-19)23-29(21(30)14-32-23)20-11-9-18(10-12-20)24(25,26)27/h2-13,23H,14H2,1H3,(H,28,31). The molecule has 1 aliphatic rings. The lowest BCUT2D eigenvalue weighted by Crippen LogP contribution is -2.28. The molecule has 1 unspecified atom stereocenters. The Morgan fingerprint density at radius 3 is 2.38 bits per heavy atom. The minimum absolute atomic E-state index is 0.186. The number of amides is 2. The fraction of sp³-hybridized carbons (Fsp3) is 0.167. The van der Waals surface area contributed by atoms with E-state index in [0.717, 1.165) is 23.3 Å². The summed E-state index contributed by atoms with van der Waals surface area (Å²) >= 11 is 1.38. The zero-order valence-electron chi connectivity index (χ0n) is 17.0. The Morgan fingerprint density at radius 1 is 1.03 bits per heavy atom.